The van der Waals surface area contributed by atoms with E-state index in [1.54, 1.807) is 19.1 Å². The molecule has 100 valence electrons. The van der Waals surface area contributed by atoms with Gasteiger partial charge in [0.25, 0.3) is 0 Å². The molecule has 0 bridgehead atoms. The minimum Gasteiger partial charge on any atom is -0.303 e. The number of hydrogen-bond donors (Lipinski definition) is 1. The van der Waals surface area contributed by atoms with Gasteiger partial charge in [-0.3, -0.25) is 0 Å². The summed E-state index contributed by atoms with van der Waals surface area (Å²) in [5, 5.41) is 2.56. The molecule has 1 nitrogen and oxygen atoms in total. The molecule has 1 aromatic rings. The van der Waals surface area contributed by atoms with Crippen LogP contribution in [0.1, 0.15) is 49.3 Å². The number of hydrogen-bond acceptors (Lipinski definition) is 1. The Bertz CT molecular complexity index is 396. The summed E-state index contributed by atoms with van der Waals surface area (Å²) in [6.07, 6.45) is -1.10. The van der Waals surface area contributed by atoms with Crippen LogP contribution in [0.15, 0.2) is 24.3 Å². The van der Waals surface area contributed by atoms with Crippen molar-refractivity contribution in [3.63, 3.8) is 0 Å². The Morgan fingerprint density at radius 2 is 1.94 bits per heavy atom. The second-order valence-corrected chi connectivity index (χ2v) is 4.79. The Labute approximate surface area is 105 Å². The molecule has 2 rings (SSSR count). The third-order valence-corrected chi connectivity index (χ3v) is 3.59. The lowest BCUT2D eigenvalue weighted by molar-refractivity contribution is -0.157. The minimum atomic E-state index is -4.24. The van der Waals surface area contributed by atoms with E-state index < -0.39 is 12.2 Å². The van der Waals surface area contributed by atoms with Gasteiger partial charge in [-0.05, 0) is 36.4 Å². The maximum absolute atomic E-state index is 13.1. The first-order valence-corrected chi connectivity index (χ1v) is 6.43. The second-order valence-electron chi connectivity index (χ2n) is 4.79. The third-order valence-electron chi connectivity index (χ3n) is 3.59. The van der Waals surface area contributed by atoms with Gasteiger partial charge in [0.1, 0.15) is 6.04 Å². The highest BCUT2D eigenvalue weighted by Gasteiger charge is 2.42. The van der Waals surface area contributed by atoms with Crippen LogP contribution in [0.3, 0.4) is 0 Å². The first-order valence-electron chi connectivity index (χ1n) is 6.43. The molecule has 1 fully saturated rings. The van der Waals surface area contributed by atoms with E-state index >= 15 is 0 Å². The van der Waals surface area contributed by atoms with Gasteiger partial charge in [-0.2, -0.15) is 13.2 Å². The van der Waals surface area contributed by atoms with Gasteiger partial charge in [-0.25, -0.2) is 0 Å². The van der Waals surface area contributed by atoms with Crippen molar-refractivity contribution < 1.29 is 13.2 Å². The summed E-state index contributed by atoms with van der Waals surface area (Å²) in [6.45, 7) is 2.01. The molecule has 1 aliphatic rings. The van der Waals surface area contributed by atoms with E-state index in [9.17, 15) is 13.2 Å². The quantitative estimate of drug-likeness (QED) is 0.853. The molecule has 0 heterocycles. The summed E-state index contributed by atoms with van der Waals surface area (Å²) in [7, 11) is 0. The van der Waals surface area contributed by atoms with Crippen molar-refractivity contribution in [1.82, 2.24) is 5.32 Å². The van der Waals surface area contributed by atoms with Gasteiger partial charge in [0.2, 0.25) is 0 Å². The highest BCUT2D eigenvalue weighted by Crippen LogP contribution is 2.42. The SMILES string of the molecule is CCNC(c1ccccc1C1CCC1)C(F)(F)F. The summed E-state index contributed by atoms with van der Waals surface area (Å²) < 4.78 is 39.3. The highest BCUT2D eigenvalue weighted by molar-refractivity contribution is 5.35. The number of benzene rings is 1. The lowest BCUT2D eigenvalue weighted by atomic mass is 9.77. The molecule has 0 aliphatic heterocycles. The fourth-order valence-electron chi connectivity index (χ4n) is 2.47. The van der Waals surface area contributed by atoms with Crippen LogP contribution in [0, 0.1) is 0 Å². The van der Waals surface area contributed by atoms with Crippen molar-refractivity contribution in [3.8, 4) is 0 Å². The van der Waals surface area contributed by atoms with E-state index in [2.05, 4.69) is 5.32 Å². The normalized spacial score (nSPS) is 18.4. The van der Waals surface area contributed by atoms with Crippen molar-refractivity contribution in [1.29, 1.82) is 0 Å². The zero-order chi connectivity index (χ0) is 13.2. The summed E-state index contributed by atoms with van der Waals surface area (Å²) in [4.78, 5) is 0. The Morgan fingerprint density at radius 3 is 2.44 bits per heavy atom. The largest absolute Gasteiger partial charge is 0.407 e. The molecule has 0 saturated heterocycles. The lowest BCUT2D eigenvalue weighted by Crippen LogP contribution is -2.35. The fraction of sp³-hybridized carbons (Fsp3) is 0.571. The van der Waals surface area contributed by atoms with Crippen LogP contribution >= 0.6 is 0 Å². The van der Waals surface area contributed by atoms with Crippen LogP contribution in [0.2, 0.25) is 0 Å². The third kappa shape index (κ3) is 2.69. The number of alkyl halides is 3. The molecule has 1 aromatic carbocycles. The van der Waals surface area contributed by atoms with Crippen molar-refractivity contribution >= 4 is 0 Å². The first-order chi connectivity index (χ1) is 8.54. The van der Waals surface area contributed by atoms with Crippen LogP contribution < -0.4 is 5.32 Å². The molecule has 1 unspecified atom stereocenters. The smallest absolute Gasteiger partial charge is 0.303 e. The highest BCUT2D eigenvalue weighted by atomic mass is 19.4. The van der Waals surface area contributed by atoms with Gasteiger partial charge in [0.05, 0.1) is 0 Å². The van der Waals surface area contributed by atoms with Crippen molar-refractivity contribution in [2.24, 2.45) is 0 Å². The second kappa shape index (κ2) is 5.31. The van der Waals surface area contributed by atoms with E-state index in [1.807, 2.05) is 12.1 Å². The van der Waals surface area contributed by atoms with E-state index in [-0.39, 0.29) is 0 Å². The molecular weight excluding hydrogens is 239 g/mol. The van der Waals surface area contributed by atoms with E-state index in [1.165, 1.54) is 0 Å². The van der Waals surface area contributed by atoms with Crippen LogP contribution in [0.25, 0.3) is 0 Å². The monoisotopic (exact) mass is 257 g/mol. The van der Waals surface area contributed by atoms with Gasteiger partial charge in [-0.1, -0.05) is 37.6 Å². The minimum absolute atomic E-state index is 0.309. The molecule has 1 N–H and O–H groups in total. The van der Waals surface area contributed by atoms with Gasteiger partial charge in [0.15, 0.2) is 0 Å². The molecule has 4 heteroatoms. The Morgan fingerprint density at radius 1 is 1.28 bits per heavy atom. The van der Waals surface area contributed by atoms with E-state index in [0.717, 1.165) is 24.8 Å². The lowest BCUT2D eigenvalue weighted by Gasteiger charge is -2.31. The Balaban J connectivity index is 2.34. The zero-order valence-electron chi connectivity index (χ0n) is 10.4. The number of nitrogens with one attached hydrogen (secondary N) is 1. The maximum atomic E-state index is 13.1. The average molecular weight is 257 g/mol. The van der Waals surface area contributed by atoms with Gasteiger partial charge >= 0.3 is 6.18 Å². The number of rotatable bonds is 4. The van der Waals surface area contributed by atoms with E-state index in [4.69, 9.17) is 0 Å². The van der Waals surface area contributed by atoms with E-state index in [0.29, 0.717) is 18.0 Å². The molecule has 1 atom stereocenters. The predicted octanol–water partition coefficient (Wildman–Crippen LogP) is 4.17. The number of halogens is 3. The topological polar surface area (TPSA) is 12.0 Å². The summed E-state index contributed by atoms with van der Waals surface area (Å²) in [5.41, 5.74) is 1.27. The molecule has 18 heavy (non-hydrogen) atoms. The van der Waals surface area contributed by atoms with Crippen LogP contribution in [0.5, 0.6) is 0 Å². The standard InChI is InChI=1S/C14H18F3N/c1-2-18-13(14(15,16)17)12-9-4-3-8-11(12)10-6-5-7-10/h3-4,8-10,13,18H,2,5-7H2,1H3. The van der Waals surface area contributed by atoms with Crippen molar-refractivity contribution in [2.75, 3.05) is 6.54 Å². The molecule has 0 aromatic heterocycles. The summed E-state index contributed by atoms with van der Waals surface area (Å²) in [6, 6.07) is 5.42. The fourth-order valence-corrected chi connectivity index (χ4v) is 2.47. The predicted molar refractivity (Wildman–Crippen MR) is 65.5 cm³/mol. The van der Waals surface area contributed by atoms with Gasteiger partial charge in [0, 0.05) is 0 Å². The Hall–Kier alpha value is -1.03. The first kappa shape index (κ1) is 13.4. The molecule has 0 amide bonds. The van der Waals surface area contributed by atoms with Gasteiger partial charge in [-0.15, -0.1) is 0 Å². The van der Waals surface area contributed by atoms with Crippen molar-refractivity contribution in [2.45, 2.75) is 44.3 Å². The molecule has 1 saturated carbocycles. The van der Waals surface area contributed by atoms with Crippen molar-refractivity contribution in [3.05, 3.63) is 35.4 Å². The Kier molecular flexibility index (Phi) is 3.95. The van der Waals surface area contributed by atoms with Crippen LogP contribution in [0.4, 0.5) is 13.2 Å². The molecular formula is C14H18F3N. The molecule has 0 spiro atoms. The van der Waals surface area contributed by atoms with Crippen LogP contribution in [-0.4, -0.2) is 12.7 Å². The van der Waals surface area contributed by atoms with Gasteiger partial charge < -0.3 is 5.32 Å². The van der Waals surface area contributed by atoms with Crippen LogP contribution in [-0.2, 0) is 0 Å². The molecule has 1 aliphatic carbocycles. The summed E-state index contributed by atoms with van der Waals surface area (Å²) in [5.74, 6) is 0.310. The summed E-state index contributed by atoms with van der Waals surface area (Å²) >= 11 is 0. The zero-order valence-corrected chi connectivity index (χ0v) is 10.4. The maximum Gasteiger partial charge on any atom is 0.407 e. The molecule has 0 radical (unpaired) electrons. The average Bonchev–Trinajstić information content (AvgIpc) is 2.23.